The predicted octanol–water partition coefficient (Wildman–Crippen LogP) is 2.33. The average molecular weight is 271 g/mol. The maximum atomic E-state index is 9.26. The van der Waals surface area contributed by atoms with Crippen LogP contribution in [0.4, 0.5) is 5.69 Å². The molecule has 0 amide bonds. The van der Waals surface area contributed by atoms with Gasteiger partial charge >= 0.3 is 0 Å². The van der Waals surface area contributed by atoms with Crippen molar-refractivity contribution in [3.8, 4) is 0 Å². The summed E-state index contributed by atoms with van der Waals surface area (Å²) >= 11 is 3.32. The molecule has 1 aliphatic rings. The molecule has 0 atom stereocenters. The van der Waals surface area contributed by atoms with Crippen LogP contribution in [-0.2, 0) is 6.61 Å². The summed E-state index contributed by atoms with van der Waals surface area (Å²) < 4.78 is 0.785. The molecule has 0 aromatic carbocycles. The maximum Gasteiger partial charge on any atom is 0.106 e. The zero-order chi connectivity index (χ0) is 10.7. The molecule has 1 aromatic heterocycles. The lowest BCUT2D eigenvalue weighted by atomic mass is 10.1. The van der Waals surface area contributed by atoms with Gasteiger partial charge in [-0.15, -0.1) is 0 Å². The minimum absolute atomic E-state index is 0.00523. The monoisotopic (exact) mass is 270 g/mol. The zero-order valence-corrected chi connectivity index (χ0v) is 10.2. The van der Waals surface area contributed by atoms with Gasteiger partial charge < -0.3 is 10.0 Å². The number of pyridine rings is 1. The molecule has 1 aliphatic heterocycles. The molecular formula is C11H15BrN2O. The Morgan fingerprint density at radius 2 is 2.00 bits per heavy atom. The number of halogens is 1. The van der Waals surface area contributed by atoms with Gasteiger partial charge in [-0.05, 0) is 47.3 Å². The van der Waals surface area contributed by atoms with Crippen molar-refractivity contribution in [1.82, 2.24) is 4.98 Å². The van der Waals surface area contributed by atoms with Crippen molar-refractivity contribution in [2.24, 2.45) is 0 Å². The normalized spacial score (nSPS) is 16.8. The highest BCUT2D eigenvalue weighted by Crippen LogP contribution is 2.24. The molecular weight excluding hydrogens is 256 g/mol. The van der Waals surface area contributed by atoms with Gasteiger partial charge in [0.2, 0.25) is 0 Å². The third-order valence-electron chi connectivity index (χ3n) is 2.76. The van der Waals surface area contributed by atoms with E-state index in [1.54, 1.807) is 0 Å². The van der Waals surface area contributed by atoms with Gasteiger partial charge in [-0.1, -0.05) is 0 Å². The number of aliphatic hydroxyl groups excluding tert-OH is 1. The molecule has 4 heteroatoms. The summed E-state index contributed by atoms with van der Waals surface area (Å²) in [7, 11) is 0. The van der Waals surface area contributed by atoms with Gasteiger partial charge in [0.25, 0.3) is 0 Å². The summed E-state index contributed by atoms with van der Waals surface area (Å²) in [5.41, 5.74) is 1.85. The minimum Gasteiger partial charge on any atom is -0.390 e. The summed E-state index contributed by atoms with van der Waals surface area (Å²) in [5, 5.41) is 9.26. The van der Waals surface area contributed by atoms with Crippen molar-refractivity contribution in [3.05, 3.63) is 22.4 Å². The van der Waals surface area contributed by atoms with Gasteiger partial charge in [-0.25, -0.2) is 4.98 Å². The minimum atomic E-state index is 0.00523. The molecule has 1 N–H and O–H groups in total. The molecule has 0 saturated carbocycles. The molecule has 82 valence electrons. The number of rotatable bonds is 2. The van der Waals surface area contributed by atoms with Gasteiger partial charge in [-0.3, -0.25) is 0 Å². The molecule has 0 unspecified atom stereocenters. The van der Waals surface area contributed by atoms with Crippen LogP contribution in [0.1, 0.15) is 25.0 Å². The van der Waals surface area contributed by atoms with Crippen LogP contribution >= 0.6 is 15.9 Å². The first-order chi connectivity index (χ1) is 7.31. The molecule has 0 aliphatic carbocycles. The van der Waals surface area contributed by atoms with Crippen molar-refractivity contribution < 1.29 is 5.11 Å². The quantitative estimate of drug-likeness (QED) is 0.839. The smallest absolute Gasteiger partial charge is 0.106 e. The molecule has 1 fully saturated rings. The summed E-state index contributed by atoms with van der Waals surface area (Å²) in [4.78, 5) is 6.61. The molecule has 15 heavy (non-hydrogen) atoms. The second-order valence-corrected chi connectivity index (χ2v) is 4.62. The SMILES string of the molecule is OCc1nc(Br)ccc1N1CCCCC1. The fourth-order valence-corrected chi connectivity index (χ4v) is 2.35. The van der Waals surface area contributed by atoms with E-state index in [9.17, 15) is 5.11 Å². The van der Waals surface area contributed by atoms with E-state index in [1.165, 1.54) is 19.3 Å². The van der Waals surface area contributed by atoms with E-state index in [2.05, 4.69) is 25.8 Å². The third kappa shape index (κ3) is 2.49. The first kappa shape index (κ1) is 10.9. The molecule has 1 aromatic rings. The molecule has 3 nitrogen and oxygen atoms in total. The summed E-state index contributed by atoms with van der Waals surface area (Å²) in [5.74, 6) is 0. The van der Waals surface area contributed by atoms with E-state index in [0.29, 0.717) is 0 Å². The predicted molar refractivity (Wildman–Crippen MR) is 63.9 cm³/mol. The van der Waals surface area contributed by atoms with Crippen LogP contribution in [0.5, 0.6) is 0 Å². The Hall–Kier alpha value is -0.610. The van der Waals surface area contributed by atoms with Gasteiger partial charge in [0, 0.05) is 13.1 Å². The van der Waals surface area contributed by atoms with E-state index >= 15 is 0 Å². The highest BCUT2D eigenvalue weighted by atomic mass is 79.9. The van der Waals surface area contributed by atoms with E-state index in [1.807, 2.05) is 12.1 Å². The Kier molecular flexibility index (Phi) is 3.59. The molecule has 0 bridgehead atoms. The number of nitrogens with zero attached hydrogens (tertiary/aromatic N) is 2. The lowest BCUT2D eigenvalue weighted by molar-refractivity contribution is 0.276. The van der Waals surface area contributed by atoms with Crippen LogP contribution in [-0.4, -0.2) is 23.2 Å². The summed E-state index contributed by atoms with van der Waals surface area (Å²) in [6.07, 6.45) is 3.79. The van der Waals surface area contributed by atoms with Crippen molar-refractivity contribution in [3.63, 3.8) is 0 Å². The van der Waals surface area contributed by atoms with Crippen LogP contribution in [0.2, 0.25) is 0 Å². The highest BCUT2D eigenvalue weighted by molar-refractivity contribution is 9.10. The van der Waals surface area contributed by atoms with Crippen LogP contribution in [0.3, 0.4) is 0 Å². The molecule has 0 radical (unpaired) electrons. The maximum absolute atomic E-state index is 9.26. The first-order valence-electron chi connectivity index (χ1n) is 5.32. The number of anilines is 1. The van der Waals surface area contributed by atoms with Crippen LogP contribution in [0, 0.1) is 0 Å². The number of hydrogen-bond donors (Lipinski definition) is 1. The lowest BCUT2D eigenvalue weighted by Gasteiger charge is -2.29. The van der Waals surface area contributed by atoms with Gasteiger partial charge in [-0.2, -0.15) is 0 Å². The molecule has 2 heterocycles. The molecule has 1 saturated heterocycles. The van der Waals surface area contributed by atoms with E-state index < -0.39 is 0 Å². The second kappa shape index (κ2) is 4.94. The zero-order valence-electron chi connectivity index (χ0n) is 8.62. The summed E-state index contributed by atoms with van der Waals surface area (Å²) in [6.45, 7) is 2.16. The fraction of sp³-hybridized carbons (Fsp3) is 0.545. The van der Waals surface area contributed by atoms with Gasteiger partial charge in [0.1, 0.15) is 4.60 Å². The second-order valence-electron chi connectivity index (χ2n) is 3.81. The standard InChI is InChI=1S/C11H15BrN2O/c12-11-5-4-10(9(8-15)13-11)14-6-2-1-3-7-14/h4-5,15H,1-3,6-8H2. The number of hydrogen-bond acceptors (Lipinski definition) is 3. The Balaban J connectivity index is 2.25. The first-order valence-corrected chi connectivity index (χ1v) is 6.12. The van der Waals surface area contributed by atoms with Crippen molar-refractivity contribution in [2.45, 2.75) is 25.9 Å². The van der Waals surface area contributed by atoms with Crippen LogP contribution < -0.4 is 4.90 Å². The van der Waals surface area contributed by atoms with Crippen molar-refractivity contribution in [1.29, 1.82) is 0 Å². The number of piperidine rings is 1. The van der Waals surface area contributed by atoms with Gasteiger partial charge in [0.05, 0.1) is 18.0 Å². The lowest BCUT2D eigenvalue weighted by Crippen LogP contribution is -2.30. The number of aromatic nitrogens is 1. The average Bonchev–Trinajstić information content (AvgIpc) is 2.30. The Morgan fingerprint density at radius 1 is 1.27 bits per heavy atom. The fourth-order valence-electron chi connectivity index (χ4n) is 2.01. The van der Waals surface area contributed by atoms with Crippen molar-refractivity contribution >= 4 is 21.6 Å². The Morgan fingerprint density at radius 3 is 2.67 bits per heavy atom. The van der Waals surface area contributed by atoms with Crippen molar-refractivity contribution in [2.75, 3.05) is 18.0 Å². The van der Waals surface area contributed by atoms with E-state index in [0.717, 1.165) is 29.1 Å². The Bertz CT molecular complexity index is 337. The third-order valence-corrected chi connectivity index (χ3v) is 3.20. The topological polar surface area (TPSA) is 36.4 Å². The number of aliphatic hydroxyl groups is 1. The largest absolute Gasteiger partial charge is 0.390 e. The van der Waals surface area contributed by atoms with Gasteiger partial charge in [0.15, 0.2) is 0 Å². The summed E-state index contributed by atoms with van der Waals surface area (Å²) in [6, 6.07) is 3.97. The highest BCUT2D eigenvalue weighted by Gasteiger charge is 2.14. The molecule has 0 spiro atoms. The Labute approximate surface area is 98.3 Å². The van der Waals surface area contributed by atoms with E-state index in [-0.39, 0.29) is 6.61 Å². The van der Waals surface area contributed by atoms with E-state index in [4.69, 9.17) is 0 Å². The van der Waals surface area contributed by atoms with Crippen LogP contribution in [0.25, 0.3) is 0 Å². The molecule has 2 rings (SSSR count). The van der Waals surface area contributed by atoms with Crippen LogP contribution in [0.15, 0.2) is 16.7 Å².